The number of urea groups is 1. The highest BCUT2D eigenvalue weighted by molar-refractivity contribution is 6.10. The van der Waals surface area contributed by atoms with Crippen LogP contribution in [0.15, 0.2) is 34.7 Å². The summed E-state index contributed by atoms with van der Waals surface area (Å²) in [6, 6.07) is 8.60. The van der Waals surface area contributed by atoms with E-state index >= 15 is 0 Å². The Morgan fingerprint density at radius 2 is 1.67 bits per heavy atom. The Bertz CT molecular complexity index is 1030. The van der Waals surface area contributed by atoms with E-state index in [-0.39, 0.29) is 35.9 Å². The minimum atomic E-state index is -0.856. The van der Waals surface area contributed by atoms with Crippen molar-refractivity contribution >= 4 is 35.5 Å². The van der Waals surface area contributed by atoms with Gasteiger partial charge in [0.1, 0.15) is 17.9 Å². The molecule has 0 fully saturated rings. The zero-order chi connectivity index (χ0) is 24.4. The lowest BCUT2D eigenvalue weighted by molar-refractivity contribution is -0.146. The van der Waals surface area contributed by atoms with Gasteiger partial charge in [0.25, 0.3) is 5.91 Å². The first kappa shape index (κ1) is 25.1. The van der Waals surface area contributed by atoms with E-state index in [2.05, 4.69) is 16.0 Å². The molecule has 0 saturated heterocycles. The smallest absolute Gasteiger partial charge is 0.344 e. The third-order valence-corrected chi connectivity index (χ3v) is 4.22. The summed E-state index contributed by atoms with van der Waals surface area (Å²) in [4.78, 5) is 59.8. The highest BCUT2D eigenvalue weighted by atomic mass is 16.5. The van der Waals surface area contributed by atoms with Crippen LogP contribution in [-0.4, -0.2) is 49.4 Å². The molecule has 33 heavy (non-hydrogen) atoms. The van der Waals surface area contributed by atoms with Crippen molar-refractivity contribution in [3.05, 3.63) is 52.8 Å². The molecule has 0 radical (unpaired) electrons. The normalized spacial score (nSPS) is 10.2. The Hall–Kier alpha value is -4.15. The van der Waals surface area contributed by atoms with Gasteiger partial charge in [-0.2, -0.15) is 0 Å². The molecular formula is C22H25N3O8. The van der Waals surface area contributed by atoms with E-state index in [1.165, 1.54) is 13.8 Å². The summed E-state index contributed by atoms with van der Waals surface area (Å²) in [5.74, 6) is -3.10. The van der Waals surface area contributed by atoms with Crippen LogP contribution in [0.4, 0.5) is 10.7 Å². The second kappa shape index (κ2) is 12.0. The topological polar surface area (TPSA) is 153 Å². The predicted octanol–water partition coefficient (Wildman–Crippen LogP) is 1.95. The number of amides is 3. The number of hydrogen-bond acceptors (Lipinski definition) is 8. The van der Waals surface area contributed by atoms with Crippen molar-refractivity contribution in [2.45, 2.75) is 27.3 Å². The number of rotatable bonds is 10. The number of esters is 2. The molecule has 0 aliphatic heterocycles. The van der Waals surface area contributed by atoms with Crippen molar-refractivity contribution in [1.29, 1.82) is 0 Å². The van der Waals surface area contributed by atoms with Gasteiger partial charge in [-0.05, 0) is 26.3 Å². The molecule has 0 bridgehead atoms. The summed E-state index contributed by atoms with van der Waals surface area (Å²) < 4.78 is 15.1. The number of ketones is 1. The highest BCUT2D eigenvalue weighted by Gasteiger charge is 2.28. The van der Waals surface area contributed by atoms with E-state index in [1.54, 1.807) is 6.92 Å². The molecule has 0 atom stereocenters. The van der Waals surface area contributed by atoms with Crippen molar-refractivity contribution in [1.82, 2.24) is 10.6 Å². The van der Waals surface area contributed by atoms with Crippen molar-refractivity contribution < 1.29 is 37.9 Å². The quantitative estimate of drug-likeness (QED) is 0.360. The van der Waals surface area contributed by atoms with Crippen LogP contribution in [-0.2, 0) is 25.6 Å². The van der Waals surface area contributed by atoms with Gasteiger partial charge in [-0.1, -0.05) is 30.3 Å². The summed E-state index contributed by atoms with van der Waals surface area (Å²) in [5.41, 5.74) is 0.667. The molecule has 11 nitrogen and oxygen atoms in total. The average molecular weight is 459 g/mol. The summed E-state index contributed by atoms with van der Waals surface area (Å²) in [6.45, 7) is 3.46. The monoisotopic (exact) mass is 459 g/mol. The lowest BCUT2D eigenvalue weighted by Gasteiger charge is -2.09. The number of hydrogen-bond donors (Lipinski definition) is 3. The van der Waals surface area contributed by atoms with Gasteiger partial charge in [-0.15, -0.1) is 0 Å². The summed E-state index contributed by atoms with van der Waals surface area (Å²) >= 11 is 0. The van der Waals surface area contributed by atoms with Crippen molar-refractivity contribution in [2.75, 3.05) is 25.1 Å². The molecular weight excluding hydrogens is 434 g/mol. The molecule has 0 spiro atoms. The van der Waals surface area contributed by atoms with Gasteiger partial charge in [-0.25, -0.2) is 9.59 Å². The number of benzene rings is 1. The van der Waals surface area contributed by atoms with E-state index in [0.717, 1.165) is 5.56 Å². The first-order valence-electron chi connectivity index (χ1n) is 10.1. The molecule has 0 unspecified atom stereocenters. The number of aryl methyl sites for hydroxylation is 1. The maximum Gasteiger partial charge on any atom is 0.344 e. The zero-order valence-electron chi connectivity index (χ0n) is 18.5. The zero-order valence-corrected chi connectivity index (χ0v) is 18.5. The highest BCUT2D eigenvalue weighted by Crippen LogP contribution is 2.28. The van der Waals surface area contributed by atoms with Gasteiger partial charge in [0, 0.05) is 6.54 Å². The molecule has 3 N–H and O–H groups in total. The van der Waals surface area contributed by atoms with E-state index in [9.17, 15) is 24.0 Å². The third kappa shape index (κ3) is 7.49. The maximum atomic E-state index is 12.2. The van der Waals surface area contributed by atoms with Crippen molar-refractivity contribution in [2.24, 2.45) is 0 Å². The van der Waals surface area contributed by atoms with Gasteiger partial charge >= 0.3 is 18.0 Å². The Morgan fingerprint density at radius 3 is 2.30 bits per heavy atom. The second-order valence-corrected chi connectivity index (χ2v) is 6.74. The molecule has 0 aliphatic carbocycles. The van der Waals surface area contributed by atoms with E-state index in [0.29, 0.717) is 0 Å². The number of Topliss-reactive ketones (excluding diaryl/α,β-unsaturated/α-hetero) is 1. The molecule has 1 aromatic carbocycles. The minimum Gasteiger partial charge on any atom is -0.462 e. The fourth-order valence-corrected chi connectivity index (χ4v) is 2.81. The summed E-state index contributed by atoms with van der Waals surface area (Å²) in [6.07, 6.45) is 0. The standard InChI is InChI=1S/C22H25N3O8/c1-4-31-21(29)19-18(13(2)26)14(3)33-20(19)25-16(27)12-32-17(28)11-24-22(30)23-10-15-8-6-5-7-9-15/h5-9H,4,10-12H2,1-3H3,(H,25,27)(H2,23,24,30). The van der Waals surface area contributed by atoms with Crippen LogP contribution in [0, 0.1) is 6.92 Å². The lowest BCUT2D eigenvalue weighted by atomic mass is 10.1. The van der Waals surface area contributed by atoms with E-state index in [4.69, 9.17) is 13.9 Å². The van der Waals surface area contributed by atoms with Crippen LogP contribution in [0.25, 0.3) is 0 Å². The molecule has 1 heterocycles. The summed E-state index contributed by atoms with van der Waals surface area (Å²) in [5, 5.41) is 7.18. The van der Waals surface area contributed by atoms with Gasteiger partial charge in [0.2, 0.25) is 5.88 Å². The van der Waals surface area contributed by atoms with Crippen molar-refractivity contribution in [3.8, 4) is 0 Å². The minimum absolute atomic E-state index is 0.00791. The molecule has 0 aliphatic rings. The third-order valence-electron chi connectivity index (χ3n) is 4.22. The number of nitrogens with one attached hydrogen (secondary N) is 3. The van der Waals surface area contributed by atoms with Gasteiger partial charge in [0.05, 0.1) is 12.2 Å². The first-order valence-corrected chi connectivity index (χ1v) is 10.1. The first-order chi connectivity index (χ1) is 15.7. The number of carbonyl (C=O) groups excluding carboxylic acids is 5. The van der Waals surface area contributed by atoms with E-state index < -0.39 is 42.8 Å². The van der Waals surface area contributed by atoms with Crippen LogP contribution >= 0.6 is 0 Å². The number of anilines is 1. The van der Waals surface area contributed by atoms with Gasteiger partial charge < -0.3 is 24.5 Å². The van der Waals surface area contributed by atoms with Gasteiger partial charge in [0.15, 0.2) is 12.4 Å². The fraction of sp³-hybridized carbons (Fsp3) is 0.318. The van der Waals surface area contributed by atoms with Crippen LogP contribution in [0.5, 0.6) is 0 Å². The molecule has 11 heteroatoms. The Labute approximate surface area is 189 Å². The Kier molecular flexibility index (Phi) is 9.16. The van der Waals surface area contributed by atoms with Crippen LogP contribution in [0.2, 0.25) is 0 Å². The van der Waals surface area contributed by atoms with Crippen LogP contribution < -0.4 is 16.0 Å². The Balaban J connectivity index is 1.84. The molecule has 176 valence electrons. The number of furan rings is 1. The summed E-state index contributed by atoms with van der Waals surface area (Å²) in [7, 11) is 0. The number of ether oxygens (including phenoxy) is 2. The molecule has 2 rings (SSSR count). The van der Waals surface area contributed by atoms with Gasteiger partial charge in [-0.3, -0.25) is 19.7 Å². The molecule has 2 aromatic rings. The molecule has 3 amide bonds. The van der Waals surface area contributed by atoms with Crippen LogP contribution in [0.1, 0.15) is 45.9 Å². The average Bonchev–Trinajstić information content (AvgIpc) is 3.11. The maximum absolute atomic E-state index is 12.2. The lowest BCUT2D eigenvalue weighted by Crippen LogP contribution is -2.39. The predicted molar refractivity (Wildman–Crippen MR) is 116 cm³/mol. The largest absolute Gasteiger partial charge is 0.462 e. The van der Waals surface area contributed by atoms with Crippen LogP contribution in [0.3, 0.4) is 0 Å². The molecule has 1 aromatic heterocycles. The number of carbonyl (C=O) groups is 5. The fourth-order valence-electron chi connectivity index (χ4n) is 2.81. The molecule has 0 saturated carbocycles. The Morgan fingerprint density at radius 1 is 0.970 bits per heavy atom. The SMILES string of the molecule is CCOC(=O)c1c(NC(=O)COC(=O)CNC(=O)NCc2ccccc2)oc(C)c1C(C)=O. The second-order valence-electron chi connectivity index (χ2n) is 6.74. The van der Waals surface area contributed by atoms with E-state index in [1.807, 2.05) is 30.3 Å². The van der Waals surface area contributed by atoms with Crippen molar-refractivity contribution in [3.63, 3.8) is 0 Å².